The molecule has 0 heterocycles. The summed E-state index contributed by atoms with van der Waals surface area (Å²) in [6, 6.07) is 31.6. The second kappa shape index (κ2) is 10.3. The maximum absolute atomic E-state index is 12.2. The average Bonchev–Trinajstić information content (AvgIpc) is 2.69. The van der Waals surface area contributed by atoms with Crippen LogP contribution in [0.25, 0.3) is 0 Å². The summed E-state index contributed by atoms with van der Waals surface area (Å²) in [5.74, 6) is 0.244. The fourth-order valence-corrected chi connectivity index (χ4v) is 7.99. The van der Waals surface area contributed by atoms with Gasteiger partial charge >= 0.3 is 166 Å². The van der Waals surface area contributed by atoms with E-state index in [9.17, 15) is 4.79 Å². The number of Topliss-reactive ketones (excluding diaryl/α,β-unsaturated/α-hetero) is 1. The van der Waals surface area contributed by atoms with Gasteiger partial charge in [0, 0.05) is 0 Å². The van der Waals surface area contributed by atoms with Crippen molar-refractivity contribution in [3.63, 3.8) is 0 Å². The zero-order valence-electron chi connectivity index (χ0n) is 14.6. The molecule has 26 heavy (non-hydrogen) atoms. The molecule has 0 atom stereocenters. The van der Waals surface area contributed by atoms with Gasteiger partial charge in [0.25, 0.3) is 0 Å². The summed E-state index contributed by atoms with van der Waals surface area (Å²) < 4.78 is 0. The number of ketones is 1. The monoisotopic (exact) mass is 452 g/mol. The van der Waals surface area contributed by atoms with E-state index in [2.05, 4.69) is 72.8 Å². The summed E-state index contributed by atoms with van der Waals surface area (Å²) in [5, 5.41) is 3.85. The fourth-order valence-electron chi connectivity index (χ4n) is 3.35. The minimum absolute atomic E-state index is 0.244. The molecule has 0 N–H and O–H groups in total. The summed E-state index contributed by atoms with van der Waals surface area (Å²) in [7, 11) is -2.34. The molecule has 0 unspecified atom stereocenters. The molecule has 0 saturated heterocycles. The number of benzene rings is 3. The minimum atomic E-state index is -2.34. The molecule has 0 aliphatic heterocycles. The van der Waals surface area contributed by atoms with E-state index in [4.69, 9.17) is 4.79 Å². The van der Waals surface area contributed by atoms with Crippen LogP contribution < -0.4 is 15.9 Å². The molecule has 136 valence electrons. The average molecular weight is 452 g/mol. The third kappa shape index (κ3) is 4.82. The van der Waals surface area contributed by atoms with Gasteiger partial charge in [-0.3, -0.25) is 0 Å². The van der Waals surface area contributed by atoms with Crippen LogP contribution in [0.2, 0.25) is 0 Å². The van der Waals surface area contributed by atoms with Crippen LogP contribution in [0.1, 0.15) is 6.92 Å². The van der Waals surface area contributed by atoms with Crippen molar-refractivity contribution in [3.8, 4) is 0 Å². The summed E-state index contributed by atoms with van der Waals surface area (Å²) in [6.07, 6.45) is 0.588. The number of carbonyl (C=O) groups excluding carboxylic acids is 2. The van der Waals surface area contributed by atoms with Crippen molar-refractivity contribution in [2.75, 3.05) is 6.16 Å². The van der Waals surface area contributed by atoms with Crippen molar-refractivity contribution in [2.45, 2.75) is 6.92 Å². The van der Waals surface area contributed by atoms with Crippen LogP contribution in [0.15, 0.2) is 91.0 Å². The number of hydrogen-bond donors (Lipinski definition) is 0. The molecule has 0 aliphatic carbocycles. The Morgan fingerprint density at radius 2 is 1.04 bits per heavy atom. The van der Waals surface area contributed by atoms with Crippen molar-refractivity contribution in [1.82, 2.24) is 0 Å². The third-order valence-electron chi connectivity index (χ3n) is 4.31. The Hall–Kier alpha value is -1.95. The summed E-state index contributed by atoms with van der Waals surface area (Å²) in [6.45, 7) is 1.70. The van der Waals surface area contributed by atoms with Crippen LogP contribution in [-0.4, -0.2) is 16.8 Å². The van der Waals surface area contributed by atoms with Crippen LogP contribution in [-0.2, 0) is 27.9 Å². The molecular formula is C22H22O2PRh. The van der Waals surface area contributed by atoms with E-state index in [1.807, 2.05) is 36.5 Å². The van der Waals surface area contributed by atoms with Gasteiger partial charge in [-0.15, -0.1) is 0 Å². The zero-order chi connectivity index (χ0) is 18.8. The molecule has 0 radical (unpaired) electrons. The topological polar surface area (TPSA) is 34.1 Å². The fraction of sp³-hybridized carbons (Fsp3) is 0.0909. The molecule has 2 nitrogen and oxygen atoms in total. The predicted octanol–water partition coefficient (Wildman–Crippen LogP) is 3.03. The Bertz CT molecular complexity index is 724. The summed E-state index contributed by atoms with van der Waals surface area (Å²) in [5.41, 5.74) is 0. The van der Waals surface area contributed by atoms with Crippen molar-refractivity contribution in [3.05, 3.63) is 91.0 Å². The molecule has 3 rings (SSSR count). The quantitative estimate of drug-likeness (QED) is 0.339. The molecule has 0 aromatic heterocycles. The molecule has 0 aliphatic rings. The Labute approximate surface area is 165 Å². The van der Waals surface area contributed by atoms with Gasteiger partial charge in [-0.1, -0.05) is 0 Å². The van der Waals surface area contributed by atoms with Gasteiger partial charge < -0.3 is 0 Å². The molecular weight excluding hydrogens is 430 g/mol. The second-order valence-corrected chi connectivity index (χ2v) is 10.2. The molecule has 0 spiro atoms. The van der Waals surface area contributed by atoms with E-state index in [1.165, 1.54) is 15.9 Å². The number of rotatable bonds is 5. The van der Waals surface area contributed by atoms with Gasteiger partial charge in [-0.05, 0) is 0 Å². The molecule has 0 amide bonds. The van der Waals surface area contributed by atoms with E-state index >= 15 is 0 Å². The maximum atomic E-state index is 12.2. The summed E-state index contributed by atoms with van der Waals surface area (Å²) >= 11 is 2.04. The van der Waals surface area contributed by atoms with Crippen molar-refractivity contribution < 1.29 is 27.9 Å². The molecule has 0 saturated carbocycles. The Morgan fingerprint density at radius 1 is 0.769 bits per heavy atom. The standard InChI is InChI=1S/C21H21OP.CHO.Rh/c1-18(22)17-23(19-11-5-2-6-12-19,20-13-7-3-8-14-20)21-15-9-4-10-16-21;1-2;/h2-16,23H,17H2,1H3;1H;. The van der Waals surface area contributed by atoms with Crippen LogP contribution in [0.5, 0.6) is 0 Å². The predicted molar refractivity (Wildman–Crippen MR) is 109 cm³/mol. The molecule has 3 aromatic carbocycles. The van der Waals surface area contributed by atoms with E-state index < -0.39 is 7.26 Å². The van der Waals surface area contributed by atoms with Crippen LogP contribution in [0.3, 0.4) is 0 Å². The molecule has 0 bridgehead atoms. The zero-order valence-corrected chi connectivity index (χ0v) is 17.2. The SMILES string of the molecule is CC(=O)C[PH](c1ccccc1)(c1ccccc1)c1ccccc1.O=[CH][Rh]. The first-order chi connectivity index (χ1) is 12.6. The van der Waals surface area contributed by atoms with Gasteiger partial charge in [-0.25, -0.2) is 0 Å². The first-order valence-corrected chi connectivity index (χ1v) is 11.5. The van der Waals surface area contributed by atoms with E-state index in [1.54, 1.807) is 6.92 Å². The first-order valence-electron chi connectivity index (χ1n) is 8.32. The normalized spacial score (nSPS) is 11.0. The Balaban J connectivity index is 0.000000758. The van der Waals surface area contributed by atoms with E-state index in [-0.39, 0.29) is 5.78 Å². The third-order valence-corrected chi connectivity index (χ3v) is 9.30. The molecule has 3 aromatic rings. The first kappa shape index (κ1) is 20.4. The van der Waals surface area contributed by atoms with Gasteiger partial charge in [0.1, 0.15) is 0 Å². The van der Waals surface area contributed by atoms with Crippen LogP contribution in [0, 0.1) is 0 Å². The van der Waals surface area contributed by atoms with Crippen molar-refractivity contribution in [2.24, 2.45) is 0 Å². The molecule has 0 fully saturated rings. The van der Waals surface area contributed by atoms with E-state index in [0.29, 0.717) is 11.0 Å². The number of carbonyl (C=O) groups is 2. The van der Waals surface area contributed by atoms with Crippen molar-refractivity contribution >= 4 is 33.8 Å². The van der Waals surface area contributed by atoms with Crippen LogP contribution in [0.4, 0.5) is 0 Å². The van der Waals surface area contributed by atoms with E-state index in [0.717, 1.165) is 0 Å². The van der Waals surface area contributed by atoms with Gasteiger partial charge in [0.05, 0.1) is 0 Å². The van der Waals surface area contributed by atoms with Gasteiger partial charge in [-0.2, -0.15) is 0 Å². The van der Waals surface area contributed by atoms with Crippen LogP contribution >= 0.6 is 7.26 Å². The van der Waals surface area contributed by atoms with Gasteiger partial charge in [0.2, 0.25) is 0 Å². The number of hydrogen-bond acceptors (Lipinski definition) is 2. The van der Waals surface area contributed by atoms with Crippen molar-refractivity contribution in [1.29, 1.82) is 0 Å². The Kier molecular flexibility index (Phi) is 8.04. The van der Waals surface area contributed by atoms with Gasteiger partial charge in [0.15, 0.2) is 0 Å². The Morgan fingerprint density at radius 3 is 1.27 bits per heavy atom. The second-order valence-electron chi connectivity index (χ2n) is 5.96. The summed E-state index contributed by atoms with van der Waals surface area (Å²) in [4.78, 5) is 21.6. The molecule has 4 heteroatoms.